The molecule has 1 atom stereocenters. The van der Waals surface area contributed by atoms with Crippen molar-refractivity contribution >= 4 is 11.5 Å². The van der Waals surface area contributed by atoms with Gasteiger partial charge in [-0.1, -0.05) is 13.0 Å². The molecule has 1 aliphatic heterocycles. The first kappa shape index (κ1) is 11.5. The standard InChI is InChI=1S/C14H19N3O/c1-2-11-6-5-9-16(11)14-12(10-18)17-8-4-3-7-13(17)15-14/h3-4,7-8,11,18H,2,5-6,9-10H2,1H3. The van der Waals surface area contributed by atoms with Crippen molar-refractivity contribution in [3.63, 3.8) is 0 Å². The molecule has 1 saturated heterocycles. The SMILES string of the molecule is CCC1CCCN1c1nc2ccccn2c1CO. The molecule has 1 aliphatic rings. The maximum absolute atomic E-state index is 9.64. The van der Waals surface area contributed by atoms with Crippen LogP contribution >= 0.6 is 0 Å². The molecule has 0 spiro atoms. The molecule has 18 heavy (non-hydrogen) atoms. The molecule has 3 rings (SSSR count). The van der Waals surface area contributed by atoms with E-state index in [2.05, 4.69) is 11.8 Å². The number of pyridine rings is 1. The van der Waals surface area contributed by atoms with Crippen molar-refractivity contribution in [3.8, 4) is 0 Å². The van der Waals surface area contributed by atoms with Gasteiger partial charge >= 0.3 is 0 Å². The molecule has 1 fully saturated rings. The van der Waals surface area contributed by atoms with Crippen molar-refractivity contribution < 1.29 is 5.11 Å². The quantitative estimate of drug-likeness (QED) is 0.901. The van der Waals surface area contributed by atoms with Gasteiger partial charge in [0.1, 0.15) is 5.65 Å². The van der Waals surface area contributed by atoms with E-state index in [0.29, 0.717) is 6.04 Å². The van der Waals surface area contributed by atoms with Gasteiger partial charge in [-0.3, -0.25) is 4.40 Å². The Bertz CT molecular complexity index is 549. The molecule has 0 bridgehead atoms. The van der Waals surface area contributed by atoms with Crippen LogP contribution < -0.4 is 4.90 Å². The molecule has 0 aromatic carbocycles. The molecule has 4 heteroatoms. The lowest BCUT2D eigenvalue weighted by molar-refractivity contribution is 0.276. The van der Waals surface area contributed by atoms with Gasteiger partial charge in [0.15, 0.2) is 5.82 Å². The van der Waals surface area contributed by atoms with Crippen LogP contribution in [0, 0.1) is 0 Å². The summed E-state index contributed by atoms with van der Waals surface area (Å²) in [4.78, 5) is 7.05. The maximum Gasteiger partial charge on any atom is 0.153 e. The fraction of sp³-hybridized carbons (Fsp3) is 0.500. The predicted octanol–water partition coefficient (Wildman–Crippen LogP) is 2.21. The zero-order valence-electron chi connectivity index (χ0n) is 10.7. The van der Waals surface area contributed by atoms with Crippen LogP contribution in [0.25, 0.3) is 5.65 Å². The number of anilines is 1. The number of hydrogen-bond donors (Lipinski definition) is 1. The second-order valence-electron chi connectivity index (χ2n) is 4.87. The largest absolute Gasteiger partial charge is 0.390 e. The number of imidazole rings is 1. The number of aromatic nitrogens is 2. The molecule has 0 radical (unpaired) electrons. The summed E-state index contributed by atoms with van der Waals surface area (Å²) < 4.78 is 1.99. The molecular weight excluding hydrogens is 226 g/mol. The van der Waals surface area contributed by atoms with E-state index in [-0.39, 0.29) is 6.61 Å². The van der Waals surface area contributed by atoms with E-state index in [1.54, 1.807) is 0 Å². The normalized spacial score (nSPS) is 19.9. The summed E-state index contributed by atoms with van der Waals surface area (Å²) in [7, 11) is 0. The van der Waals surface area contributed by atoms with E-state index in [0.717, 1.165) is 30.1 Å². The van der Waals surface area contributed by atoms with Crippen molar-refractivity contribution in [2.24, 2.45) is 0 Å². The molecule has 3 heterocycles. The third-order valence-corrected chi connectivity index (χ3v) is 3.88. The Labute approximate surface area is 107 Å². The van der Waals surface area contributed by atoms with Crippen LogP contribution in [0.15, 0.2) is 24.4 Å². The first-order chi connectivity index (χ1) is 8.85. The van der Waals surface area contributed by atoms with Gasteiger partial charge in [-0.25, -0.2) is 4.98 Å². The molecule has 2 aromatic rings. The topological polar surface area (TPSA) is 40.8 Å². The smallest absolute Gasteiger partial charge is 0.153 e. The van der Waals surface area contributed by atoms with E-state index >= 15 is 0 Å². The summed E-state index contributed by atoms with van der Waals surface area (Å²) in [5, 5.41) is 9.64. The minimum atomic E-state index is 0.0352. The van der Waals surface area contributed by atoms with E-state index in [1.165, 1.54) is 12.8 Å². The average molecular weight is 245 g/mol. The summed E-state index contributed by atoms with van der Waals surface area (Å²) in [5.41, 5.74) is 1.82. The zero-order valence-corrected chi connectivity index (χ0v) is 10.7. The van der Waals surface area contributed by atoms with Crippen LogP contribution in [0.5, 0.6) is 0 Å². The Balaban J connectivity index is 2.10. The Kier molecular flexibility index (Phi) is 2.96. The minimum Gasteiger partial charge on any atom is -0.390 e. The van der Waals surface area contributed by atoms with Gasteiger partial charge in [-0.15, -0.1) is 0 Å². The Hall–Kier alpha value is -1.55. The molecule has 0 amide bonds. The van der Waals surface area contributed by atoms with Crippen LogP contribution in [0.3, 0.4) is 0 Å². The molecule has 1 N–H and O–H groups in total. The molecular formula is C14H19N3O. The van der Waals surface area contributed by atoms with Crippen molar-refractivity contribution in [2.75, 3.05) is 11.4 Å². The highest BCUT2D eigenvalue weighted by Crippen LogP contribution is 2.30. The number of hydrogen-bond acceptors (Lipinski definition) is 3. The molecule has 4 nitrogen and oxygen atoms in total. The second kappa shape index (κ2) is 4.61. The van der Waals surface area contributed by atoms with Crippen LogP contribution in [0.1, 0.15) is 31.9 Å². The number of rotatable bonds is 3. The van der Waals surface area contributed by atoms with E-state index in [4.69, 9.17) is 4.98 Å². The van der Waals surface area contributed by atoms with Crippen molar-refractivity contribution in [1.82, 2.24) is 9.38 Å². The number of aliphatic hydroxyl groups is 1. The average Bonchev–Trinajstić information content (AvgIpc) is 3.01. The highest BCUT2D eigenvalue weighted by molar-refractivity contribution is 5.56. The van der Waals surface area contributed by atoms with E-state index in [1.807, 2.05) is 28.8 Å². The molecule has 0 aliphatic carbocycles. The summed E-state index contributed by atoms with van der Waals surface area (Å²) in [6.45, 7) is 3.31. The first-order valence-electron chi connectivity index (χ1n) is 6.68. The summed E-state index contributed by atoms with van der Waals surface area (Å²) in [5.74, 6) is 0.966. The molecule has 1 unspecified atom stereocenters. The van der Waals surface area contributed by atoms with Crippen molar-refractivity contribution in [1.29, 1.82) is 0 Å². The van der Waals surface area contributed by atoms with Crippen molar-refractivity contribution in [2.45, 2.75) is 38.8 Å². The second-order valence-corrected chi connectivity index (χ2v) is 4.87. The monoisotopic (exact) mass is 245 g/mol. The number of nitrogens with zero attached hydrogens (tertiary/aromatic N) is 3. The number of fused-ring (bicyclic) bond motifs is 1. The van der Waals surface area contributed by atoms with Crippen LogP contribution in [-0.2, 0) is 6.61 Å². The van der Waals surface area contributed by atoms with Crippen LogP contribution in [0.4, 0.5) is 5.82 Å². The third kappa shape index (κ3) is 1.68. The molecule has 96 valence electrons. The van der Waals surface area contributed by atoms with E-state index < -0.39 is 0 Å². The third-order valence-electron chi connectivity index (χ3n) is 3.88. The maximum atomic E-state index is 9.64. The lowest BCUT2D eigenvalue weighted by Gasteiger charge is -2.24. The van der Waals surface area contributed by atoms with Crippen LogP contribution in [0.2, 0.25) is 0 Å². The fourth-order valence-electron chi connectivity index (χ4n) is 2.95. The van der Waals surface area contributed by atoms with Crippen molar-refractivity contribution in [3.05, 3.63) is 30.1 Å². The highest BCUT2D eigenvalue weighted by Gasteiger charge is 2.27. The van der Waals surface area contributed by atoms with Crippen LogP contribution in [-0.4, -0.2) is 27.1 Å². The minimum absolute atomic E-state index is 0.0352. The van der Waals surface area contributed by atoms with Gasteiger partial charge in [0.25, 0.3) is 0 Å². The lowest BCUT2D eigenvalue weighted by Crippen LogP contribution is -2.29. The first-order valence-corrected chi connectivity index (χ1v) is 6.68. The fourth-order valence-corrected chi connectivity index (χ4v) is 2.95. The zero-order chi connectivity index (χ0) is 12.5. The van der Waals surface area contributed by atoms with Gasteiger partial charge in [-0.2, -0.15) is 0 Å². The molecule has 2 aromatic heterocycles. The van der Waals surface area contributed by atoms with Gasteiger partial charge < -0.3 is 10.0 Å². The molecule has 0 saturated carbocycles. The van der Waals surface area contributed by atoms with E-state index in [9.17, 15) is 5.11 Å². The highest BCUT2D eigenvalue weighted by atomic mass is 16.3. The van der Waals surface area contributed by atoms with Gasteiger partial charge in [0.2, 0.25) is 0 Å². The summed E-state index contributed by atoms with van der Waals surface area (Å²) in [6.07, 6.45) is 5.56. The summed E-state index contributed by atoms with van der Waals surface area (Å²) in [6, 6.07) is 6.51. The Morgan fingerprint density at radius 1 is 1.44 bits per heavy atom. The van der Waals surface area contributed by atoms with Gasteiger partial charge in [-0.05, 0) is 31.4 Å². The van der Waals surface area contributed by atoms with Gasteiger partial charge in [0, 0.05) is 18.8 Å². The number of aliphatic hydroxyl groups excluding tert-OH is 1. The predicted molar refractivity (Wildman–Crippen MR) is 71.8 cm³/mol. The van der Waals surface area contributed by atoms with Gasteiger partial charge in [0.05, 0.1) is 12.3 Å². The Morgan fingerprint density at radius 3 is 3.11 bits per heavy atom. The Morgan fingerprint density at radius 2 is 2.33 bits per heavy atom. The lowest BCUT2D eigenvalue weighted by atomic mass is 10.2. The summed E-state index contributed by atoms with van der Waals surface area (Å²) >= 11 is 0.